The molecule has 5 rings (SSSR count). The summed E-state index contributed by atoms with van der Waals surface area (Å²) >= 11 is 1.14. The van der Waals surface area contributed by atoms with Gasteiger partial charge in [0.25, 0.3) is 11.1 Å². The van der Waals surface area contributed by atoms with E-state index in [-0.39, 0.29) is 35.0 Å². The van der Waals surface area contributed by atoms with Crippen molar-refractivity contribution in [3.05, 3.63) is 59.5 Å². The maximum atomic E-state index is 12.7. The number of ether oxygens (including phenoxy) is 2. The van der Waals surface area contributed by atoms with Crippen LogP contribution in [0.4, 0.5) is 5.69 Å². The van der Waals surface area contributed by atoms with Crippen LogP contribution in [-0.2, 0) is 16.4 Å². The number of hydrogen-bond donors (Lipinski definition) is 0. The van der Waals surface area contributed by atoms with Crippen LogP contribution in [0.2, 0.25) is 0 Å². The van der Waals surface area contributed by atoms with Crippen LogP contribution in [0.3, 0.4) is 0 Å². The Labute approximate surface area is 195 Å². The molecule has 2 aliphatic rings. The molecular weight excluding hydrogens is 466 g/mol. The van der Waals surface area contributed by atoms with Crippen LogP contribution >= 0.6 is 11.8 Å². The number of thioether (sulfide) groups is 1. The summed E-state index contributed by atoms with van der Waals surface area (Å²) in [6.45, 7) is 2.28. The Hall–Kier alpha value is -3.05. The van der Waals surface area contributed by atoms with Crippen molar-refractivity contribution in [2.24, 2.45) is 0 Å². The first-order valence-corrected chi connectivity index (χ1v) is 13.1. The van der Waals surface area contributed by atoms with Crippen LogP contribution in [0.1, 0.15) is 34.8 Å². The average molecular weight is 488 g/mol. The Kier molecular flexibility index (Phi) is 5.75. The van der Waals surface area contributed by atoms with Gasteiger partial charge in [-0.25, -0.2) is 8.42 Å². The van der Waals surface area contributed by atoms with E-state index in [2.05, 4.69) is 10.2 Å². The van der Waals surface area contributed by atoms with Gasteiger partial charge in [0.1, 0.15) is 6.61 Å². The zero-order valence-electron chi connectivity index (χ0n) is 17.8. The topological polar surface area (TPSA) is 112 Å². The van der Waals surface area contributed by atoms with Gasteiger partial charge in [0.15, 0.2) is 17.3 Å². The molecule has 0 aliphatic carbocycles. The Balaban J connectivity index is 1.22. The standard InChI is InChI=1S/C22H21N3O6S2/c1-2-33(27,28)25-10-9-14-11-15(7-8-16(14)25)17(26)13-32-22-24-23-21(31-22)20-12-29-18-5-3-4-6-19(18)30-20/h3-8,11,20H,2,9-10,12-13H2,1H3/t20-/m1/s1. The van der Waals surface area contributed by atoms with Gasteiger partial charge in [0, 0.05) is 12.1 Å². The predicted octanol–water partition coefficient (Wildman–Crippen LogP) is 3.27. The fourth-order valence-electron chi connectivity index (χ4n) is 3.75. The molecule has 0 amide bonds. The number of nitrogens with zero attached hydrogens (tertiary/aromatic N) is 3. The molecule has 0 bridgehead atoms. The number of aromatic nitrogens is 2. The van der Waals surface area contributed by atoms with Gasteiger partial charge in [-0.2, -0.15) is 0 Å². The van der Waals surface area contributed by atoms with Crippen LogP contribution in [0.5, 0.6) is 11.5 Å². The van der Waals surface area contributed by atoms with E-state index in [1.807, 2.05) is 18.2 Å². The number of ketones is 1. The lowest BCUT2D eigenvalue weighted by molar-refractivity contribution is 0.0686. The second-order valence-electron chi connectivity index (χ2n) is 7.55. The van der Waals surface area contributed by atoms with Crippen molar-refractivity contribution in [1.29, 1.82) is 0 Å². The molecule has 0 radical (unpaired) electrons. The minimum atomic E-state index is -3.32. The summed E-state index contributed by atoms with van der Waals surface area (Å²) in [4.78, 5) is 12.7. The second kappa shape index (κ2) is 8.71. The van der Waals surface area contributed by atoms with Crippen LogP contribution in [0.25, 0.3) is 0 Å². The van der Waals surface area contributed by atoms with Gasteiger partial charge in [-0.05, 0) is 49.2 Å². The fourth-order valence-corrected chi connectivity index (χ4v) is 5.57. The highest BCUT2D eigenvalue weighted by Crippen LogP contribution is 2.36. The molecule has 2 aliphatic heterocycles. The first-order valence-electron chi connectivity index (χ1n) is 10.5. The zero-order valence-corrected chi connectivity index (χ0v) is 19.4. The Morgan fingerprint density at radius 2 is 2.00 bits per heavy atom. The fraction of sp³-hybridized carbons (Fsp3) is 0.318. The molecule has 33 heavy (non-hydrogen) atoms. The molecule has 9 nitrogen and oxygen atoms in total. The third-order valence-corrected chi connectivity index (χ3v) is 8.09. The molecule has 0 fully saturated rings. The van der Waals surface area contributed by atoms with Crippen LogP contribution in [0.15, 0.2) is 52.1 Å². The summed E-state index contributed by atoms with van der Waals surface area (Å²) in [5.74, 6) is 1.61. The van der Waals surface area contributed by atoms with Gasteiger partial charge < -0.3 is 13.9 Å². The first-order chi connectivity index (χ1) is 15.9. The molecule has 3 heterocycles. The van der Waals surface area contributed by atoms with E-state index in [4.69, 9.17) is 13.9 Å². The van der Waals surface area contributed by atoms with E-state index in [0.717, 1.165) is 17.3 Å². The normalized spacial score (nSPS) is 17.1. The Morgan fingerprint density at radius 3 is 2.82 bits per heavy atom. The van der Waals surface area contributed by atoms with Crippen molar-refractivity contribution < 1.29 is 27.1 Å². The van der Waals surface area contributed by atoms with Crippen molar-refractivity contribution in [2.75, 3.05) is 29.0 Å². The summed E-state index contributed by atoms with van der Waals surface area (Å²) in [5.41, 5.74) is 2.04. The molecule has 2 aromatic carbocycles. The predicted molar refractivity (Wildman–Crippen MR) is 122 cm³/mol. The largest absolute Gasteiger partial charge is 0.485 e. The van der Waals surface area contributed by atoms with Gasteiger partial charge in [0.05, 0.1) is 17.2 Å². The lowest BCUT2D eigenvalue weighted by Gasteiger charge is -2.23. The highest BCUT2D eigenvalue weighted by molar-refractivity contribution is 7.99. The second-order valence-corrected chi connectivity index (χ2v) is 10.7. The molecule has 172 valence electrons. The third-order valence-electron chi connectivity index (χ3n) is 5.49. The van der Waals surface area contributed by atoms with Gasteiger partial charge in [-0.15, -0.1) is 10.2 Å². The summed E-state index contributed by atoms with van der Waals surface area (Å²) in [6.07, 6.45) is 0.0686. The summed E-state index contributed by atoms with van der Waals surface area (Å²) in [5, 5.41) is 8.30. The monoisotopic (exact) mass is 487 g/mol. The maximum Gasteiger partial charge on any atom is 0.277 e. The van der Waals surface area contributed by atoms with E-state index >= 15 is 0 Å². The molecule has 0 saturated carbocycles. The number of hydrogen-bond acceptors (Lipinski definition) is 9. The lowest BCUT2D eigenvalue weighted by Crippen LogP contribution is -2.30. The number of Topliss-reactive ketones (excluding diaryl/α,β-unsaturated/α-hetero) is 1. The molecular formula is C22H21N3O6S2. The number of benzene rings is 2. The Bertz CT molecular complexity index is 1310. The van der Waals surface area contributed by atoms with E-state index in [1.165, 1.54) is 4.31 Å². The maximum absolute atomic E-state index is 12.7. The zero-order chi connectivity index (χ0) is 23.0. The summed E-state index contributed by atoms with van der Waals surface area (Å²) < 4.78 is 43.1. The van der Waals surface area contributed by atoms with Gasteiger partial charge in [-0.1, -0.05) is 23.9 Å². The molecule has 3 aromatic rings. The molecule has 0 spiro atoms. The molecule has 1 atom stereocenters. The molecule has 0 saturated heterocycles. The first kappa shape index (κ1) is 21.8. The minimum Gasteiger partial charge on any atom is -0.485 e. The smallest absolute Gasteiger partial charge is 0.277 e. The molecule has 0 unspecified atom stereocenters. The SMILES string of the molecule is CCS(=O)(=O)N1CCc2cc(C(=O)CSc3nnc([C@H]4COc5ccccc5O4)o3)ccc21. The van der Waals surface area contributed by atoms with Gasteiger partial charge >= 0.3 is 0 Å². The lowest BCUT2D eigenvalue weighted by atomic mass is 10.1. The number of carbonyl (C=O) groups excluding carboxylic acids is 1. The van der Waals surface area contributed by atoms with Crippen LogP contribution in [-0.4, -0.2) is 49.1 Å². The van der Waals surface area contributed by atoms with Crippen LogP contribution in [0, 0.1) is 0 Å². The molecule has 1 aromatic heterocycles. The summed E-state index contributed by atoms with van der Waals surface area (Å²) in [6, 6.07) is 12.5. The van der Waals surface area contributed by atoms with E-state index in [1.54, 1.807) is 31.2 Å². The number of sulfonamides is 1. The molecule has 0 N–H and O–H groups in total. The number of para-hydroxylation sites is 2. The average Bonchev–Trinajstić information content (AvgIpc) is 3.49. The van der Waals surface area contributed by atoms with Crippen molar-refractivity contribution in [1.82, 2.24) is 10.2 Å². The Morgan fingerprint density at radius 1 is 1.18 bits per heavy atom. The van der Waals surface area contributed by atoms with Crippen molar-refractivity contribution in [2.45, 2.75) is 24.7 Å². The highest BCUT2D eigenvalue weighted by Gasteiger charge is 2.29. The van der Waals surface area contributed by atoms with Crippen molar-refractivity contribution in [3.63, 3.8) is 0 Å². The van der Waals surface area contributed by atoms with Crippen molar-refractivity contribution in [3.8, 4) is 11.5 Å². The van der Waals surface area contributed by atoms with E-state index < -0.39 is 16.1 Å². The van der Waals surface area contributed by atoms with E-state index in [9.17, 15) is 13.2 Å². The molecule has 11 heteroatoms. The summed E-state index contributed by atoms with van der Waals surface area (Å²) in [7, 11) is -3.32. The minimum absolute atomic E-state index is 0.0421. The van der Waals surface area contributed by atoms with Crippen molar-refractivity contribution >= 4 is 33.3 Å². The quantitative estimate of drug-likeness (QED) is 0.366. The number of rotatable bonds is 7. The highest BCUT2D eigenvalue weighted by atomic mass is 32.2. The number of fused-ring (bicyclic) bond motifs is 2. The van der Waals surface area contributed by atoms with E-state index in [0.29, 0.717) is 35.7 Å². The van der Waals surface area contributed by atoms with Crippen LogP contribution < -0.4 is 13.8 Å². The van der Waals surface area contributed by atoms with Gasteiger partial charge in [-0.3, -0.25) is 9.10 Å². The van der Waals surface area contributed by atoms with Gasteiger partial charge in [0.2, 0.25) is 16.1 Å². The third kappa shape index (κ3) is 4.30. The number of anilines is 1. The number of carbonyl (C=O) groups is 1.